The summed E-state index contributed by atoms with van der Waals surface area (Å²) in [5.41, 5.74) is 0. The molecule has 0 aromatic rings. The van der Waals surface area contributed by atoms with Crippen molar-refractivity contribution in [1.82, 2.24) is 0 Å². The molecule has 99 heavy (non-hydrogen) atoms. The molecule has 0 spiro atoms. The van der Waals surface area contributed by atoms with Crippen LogP contribution in [0.4, 0.5) is 0 Å². The summed E-state index contributed by atoms with van der Waals surface area (Å²) in [6.07, 6.45) is 66.4. The first-order valence-corrected chi connectivity index (χ1v) is 44.8. The molecule has 0 saturated carbocycles. The van der Waals surface area contributed by atoms with Gasteiger partial charge < -0.3 is 33.8 Å². The Hall–Kier alpha value is -1.94. The second-order valence-electron chi connectivity index (χ2n) is 28.8. The average Bonchev–Trinajstić information content (AvgIpc) is 0.984. The summed E-state index contributed by atoms with van der Waals surface area (Å²) in [6.45, 7) is 5.03. The number of hydrogen-bond donors (Lipinski definition) is 3. The number of carbonyl (C=O) groups is 4. The van der Waals surface area contributed by atoms with Crippen molar-refractivity contribution >= 4 is 39.5 Å². The zero-order chi connectivity index (χ0) is 72.5. The van der Waals surface area contributed by atoms with Gasteiger partial charge in [-0.2, -0.15) is 0 Å². The first kappa shape index (κ1) is 97.1. The first-order chi connectivity index (χ1) is 48.2. The summed E-state index contributed by atoms with van der Waals surface area (Å²) in [7, 11) is -9.92. The molecule has 0 aliphatic carbocycles. The van der Waals surface area contributed by atoms with Gasteiger partial charge in [-0.1, -0.05) is 381 Å². The van der Waals surface area contributed by atoms with E-state index in [2.05, 4.69) is 27.7 Å². The van der Waals surface area contributed by atoms with Gasteiger partial charge in [0.2, 0.25) is 0 Å². The fraction of sp³-hybridized carbons (Fsp3) is 0.950. The van der Waals surface area contributed by atoms with Gasteiger partial charge >= 0.3 is 39.5 Å². The van der Waals surface area contributed by atoms with E-state index in [9.17, 15) is 43.2 Å². The number of aliphatic hydroxyl groups excluding tert-OH is 1. The van der Waals surface area contributed by atoms with Crippen molar-refractivity contribution in [3.8, 4) is 0 Å². The second-order valence-corrected chi connectivity index (χ2v) is 31.7. The van der Waals surface area contributed by atoms with Crippen molar-refractivity contribution in [3.63, 3.8) is 0 Å². The van der Waals surface area contributed by atoms with E-state index in [1.54, 1.807) is 0 Å². The van der Waals surface area contributed by atoms with Gasteiger partial charge in [-0.3, -0.25) is 37.3 Å². The molecule has 17 nitrogen and oxygen atoms in total. The van der Waals surface area contributed by atoms with Crippen LogP contribution >= 0.6 is 15.6 Å². The summed E-state index contributed by atoms with van der Waals surface area (Å²) >= 11 is 0. The number of phosphoric ester groups is 2. The molecule has 0 aromatic heterocycles. The van der Waals surface area contributed by atoms with Gasteiger partial charge in [0.25, 0.3) is 0 Å². The summed E-state index contributed by atoms with van der Waals surface area (Å²) < 4.78 is 68.7. The van der Waals surface area contributed by atoms with Crippen LogP contribution in [0.3, 0.4) is 0 Å². The van der Waals surface area contributed by atoms with Crippen LogP contribution in [0.15, 0.2) is 0 Å². The van der Waals surface area contributed by atoms with E-state index in [0.29, 0.717) is 25.7 Å². The van der Waals surface area contributed by atoms with Crippen LogP contribution in [0.1, 0.15) is 432 Å². The third-order valence-electron chi connectivity index (χ3n) is 18.9. The molecule has 0 amide bonds. The highest BCUT2D eigenvalue weighted by atomic mass is 31.2. The van der Waals surface area contributed by atoms with Crippen LogP contribution in [-0.2, 0) is 65.4 Å². The van der Waals surface area contributed by atoms with Gasteiger partial charge in [-0.15, -0.1) is 0 Å². The van der Waals surface area contributed by atoms with Crippen LogP contribution in [0.5, 0.6) is 0 Å². The highest BCUT2D eigenvalue weighted by Crippen LogP contribution is 2.45. The lowest BCUT2D eigenvalue weighted by molar-refractivity contribution is -0.161. The maximum Gasteiger partial charge on any atom is 0.472 e. The highest BCUT2D eigenvalue weighted by molar-refractivity contribution is 7.47. The largest absolute Gasteiger partial charge is 0.472 e. The summed E-state index contributed by atoms with van der Waals surface area (Å²) in [5, 5.41) is 10.6. The van der Waals surface area contributed by atoms with E-state index in [4.69, 9.17) is 37.0 Å². The molecule has 0 heterocycles. The van der Waals surface area contributed by atoms with Gasteiger partial charge in [0.05, 0.1) is 26.4 Å². The molecule has 5 atom stereocenters. The molecule has 3 N–H and O–H groups in total. The lowest BCUT2D eigenvalue weighted by Crippen LogP contribution is -2.30. The number of hydrogen-bond acceptors (Lipinski definition) is 15. The number of phosphoric acid groups is 2. The standard InChI is InChI=1S/C80H156O17P2/c1-5-9-13-17-21-25-29-33-36-37-38-40-43-47-51-55-59-63-67-80(85)97-76(71-91-78(83)65-61-57-53-49-45-42-39-34-30-26-22-18-14-10-6-2)73-95-99(88,89)93-69-74(81)68-92-98(86,87)94-72-75(70-90-77(82)64-60-56-52-48-44-32-28-24-20-16-12-8-4)96-79(84)66-62-58-54-50-46-41-35-31-27-23-19-15-11-7-3/h74-76,81H,5-73H2,1-4H3,(H,86,87)(H,88,89)/t74-,75+,76+/m0/s1. The van der Waals surface area contributed by atoms with Crippen molar-refractivity contribution in [2.45, 2.75) is 451 Å². The Bertz CT molecular complexity index is 1880. The monoisotopic (exact) mass is 1450 g/mol. The minimum Gasteiger partial charge on any atom is -0.462 e. The SMILES string of the molecule is CCCCCCCCCCCCCCCCCCCCC(=O)O[C@H](COC(=O)CCCCCCCCCCCCCCCCC)COP(=O)(O)OC[C@@H](O)COP(=O)(O)OC[C@@H](COC(=O)CCCCCCCCCCCCCC)OC(=O)CCCCCCCCCCCCCCCC. The maximum atomic E-state index is 13.1. The molecule has 0 aliphatic heterocycles. The minimum absolute atomic E-state index is 0.109. The lowest BCUT2D eigenvalue weighted by atomic mass is 10.0. The molecule has 0 rings (SSSR count). The van der Waals surface area contributed by atoms with Gasteiger partial charge in [0.1, 0.15) is 19.3 Å². The molecule has 0 fully saturated rings. The van der Waals surface area contributed by atoms with E-state index < -0.39 is 97.5 Å². The van der Waals surface area contributed by atoms with Gasteiger partial charge in [-0.05, 0) is 25.7 Å². The van der Waals surface area contributed by atoms with Crippen LogP contribution in [0.2, 0.25) is 0 Å². The second kappa shape index (κ2) is 74.3. The normalized spacial score (nSPS) is 13.8. The zero-order valence-corrected chi connectivity index (χ0v) is 66.3. The fourth-order valence-electron chi connectivity index (χ4n) is 12.5. The van der Waals surface area contributed by atoms with Crippen molar-refractivity contribution in [2.75, 3.05) is 39.6 Å². The van der Waals surface area contributed by atoms with Crippen LogP contribution in [0.25, 0.3) is 0 Å². The Morgan fingerprint density at radius 2 is 0.404 bits per heavy atom. The quantitative estimate of drug-likeness (QED) is 0.0222. The fourth-order valence-corrected chi connectivity index (χ4v) is 14.0. The number of rotatable bonds is 81. The molecular formula is C80H156O17P2. The molecule has 0 saturated heterocycles. The molecule has 0 radical (unpaired) electrons. The summed E-state index contributed by atoms with van der Waals surface area (Å²) in [6, 6.07) is 0. The van der Waals surface area contributed by atoms with Crippen molar-refractivity contribution < 1.29 is 80.2 Å². The number of unbranched alkanes of at least 4 members (excludes halogenated alkanes) is 55. The van der Waals surface area contributed by atoms with E-state index in [1.165, 1.54) is 263 Å². The molecular weight excluding hydrogens is 1290 g/mol. The van der Waals surface area contributed by atoms with E-state index in [0.717, 1.165) is 89.9 Å². The van der Waals surface area contributed by atoms with Crippen LogP contribution < -0.4 is 0 Å². The van der Waals surface area contributed by atoms with E-state index in [1.807, 2.05) is 0 Å². The summed E-state index contributed by atoms with van der Waals surface area (Å²) in [4.78, 5) is 73.0. The first-order valence-electron chi connectivity index (χ1n) is 41.8. The molecule has 0 aromatic carbocycles. The Balaban J connectivity index is 5.25. The number of carbonyl (C=O) groups excluding carboxylic acids is 4. The van der Waals surface area contributed by atoms with E-state index >= 15 is 0 Å². The zero-order valence-electron chi connectivity index (χ0n) is 64.5. The Kier molecular flexibility index (Phi) is 72.9. The van der Waals surface area contributed by atoms with Crippen LogP contribution in [-0.4, -0.2) is 96.7 Å². The van der Waals surface area contributed by atoms with Crippen molar-refractivity contribution in [3.05, 3.63) is 0 Å². The van der Waals surface area contributed by atoms with Gasteiger partial charge in [0, 0.05) is 25.7 Å². The Labute approximate surface area is 607 Å². The predicted octanol–water partition coefficient (Wildman–Crippen LogP) is 24.2. The smallest absolute Gasteiger partial charge is 0.462 e. The Morgan fingerprint density at radius 3 is 0.596 bits per heavy atom. The van der Waals surface area contributed by atoms with Gasteiger partial charge in [-0.25, -0.2) is 9.13 Å². The maximum absolute atomic E-state index is 13.1. The molecule has 19 heteroatoms. The lowest BCUT2D eigenvalue weighted by Gasteiger charge is -2.21. The number of aliphatic hydroxyl groups is 1. The highest BCUT2D eigenvalue weighted by Gasteiger charge is 2.30. The average molecular weight is 1450 g/mol. The molecule has 0 bridgehead atoms. The molecule has 0 aliphatic rings. The molecule has 2 unspecified atom stereocenters. The summed E-state index contributed by atoms with van der Waals surface area (Å²) in [5.74, 6) is -2.10. The van der Waals surface area contributed by atoms with Crippen LogP contribution in [0, 0.1) is 0 Å². The third-order valence-corrected chi connectivity index (χ3v) is 20.8. The van der Waals surface area contributed by atoms with E-state index in [-0.39, 0.29) is 25.7 Å². The molecule has 588 valence electrons. The number of ether oxygens (including phenoxy) is 4. The topological polar surface area (TPSA) is 237 Å². The number of esters is 4. The third kappa shape index (κ3) is 74.1. The van der Waals surface area contributed by atoms with Gasteiger partial charge in [0.15, 0.2) is 12.2 Å². The minimum atomic E-state index is -4.96. The predicted molar refractivity (Wildman–Crippen MR) is 405 cm³/mol. The van der Waals surface area contributed by atoms with Crippen molar-refractivity contribution in [1.29, 1.82) is 0 Å². The Morgan fingerprint density at radius 1 is 0.242 bits per heavy atom. The van der Waals surface area contributed by atoms with Crippen molar-refractivity contribution in [2.24, 2.45) is 0 Å².